The van der Waals surface area contributed by atoms with Gasteiger partial charge in [-0.1, -0.05) is 5.92 Å². The molecule has 0 saturated heterocycles. The van der Waals surface area contributed by atoms with E-state index in [9.17, 15) is 10.1 Å². The van der Waals surface area contributed by atoms with Gasteiger partial charge in [-0.25, -0.2) is 8.78 Å². The minimum absolute atomic E-state index is 0.0348. The van der Waals surface area contributed by atoms with Crippen molar-refractivity contribution in [1.82, 2.24) is 9.78 Å². The Morgan fingerprint density at radius 1 is 1.23 bits per heavy atom. The Hall–Kier alpha value is -4.13. The van der Waals surface area contributed by atoms with Crippen molar-refractivity contribution in [2.24, 2.45) is 7.05 Å². The Bertz CT molecular complexity index is 1160. The second kappa shape index (κ2) is 8.71. The number of aryl methyl sites for hydroxylation is 2. The zero-order valence-electron chi connectivity index (χ0n) is 16.9. The van der Waals surface area contributed by atoms with E-state index in [1.165, 1.54) is 23.9 Å². The number of methoxy groups -OCH3 is 1. The van der Waals surface area contributed by atoms with Gasteiger partial charge in [0.2, 0.25) is 0 Å². The molecule has 1 aromatic heterocycles. The summed E-state index contributed by atoms with van der Waals surface area (Å²) >= 11 is 0. The molecule has 0 unspecified atom stereocenters. The Kier molecular flexibility index (Phi) is 6.06. The van der Waals surface area contributed by atoms with Crippen LogP contribution in [0.25, 0.3) is 0 Å². The molecule has 0 fully saturated rings. The molecular formula is C21H18F2N4O4. The summed E-state index contributed by atoms with van der Waals surface area (Å²) in [6.07, 6.45) is 5.16. The zero-order valence-corrected chi connectivity index (χ0v) is 16.9. The number of nitro benzene ring substituents is 1. The average Bonchev–Trinajstić information content (AvgIpc) is 3.06. The van der Waals surface area contributed by atoms with E-state index in [0.29, 0.717) is 5.69 Å². The molecule has 0 aliphatic carbocycles. The summed E-state index contributed by atoms with van der Waals surface area (Å²) in [5.41, 5.74) is -0.510. The quantitative estimate of drug-likeness (QED) is 0.315. The Balaban J connectivity index is 2.30. The second-order valence-electron chi connectivity index (χ2n) is 6.44. The van der Waals surface area contributed by atoms with Crippen LogP contribution >= 0.6 is 0 Å². The molecule has 0 aliphatic rings. The van der Waals surface area contributed by atoms with E-state index < -0.39 is 27.9 Å². The number of nitrogens with zero attached hydrogens (tertiary/aromatic N) is 4. The largest absolute Gasteiger partial charge is 0.497 e. The van der Waals surface area contributed by atoms with Gasteiger partial charge in [-0.3, -0.25) is 19.7 Å². The lowest BCUT2D eigenvalue weighted by molar-refractivity contribution is -0.384. The number of halogens is 2. The van der Waals surface area contributed by atoms with Gasteiger partial charge < -0.3 is 9.47 Å². The van der Waals surface area contributed by atoms with Gasteiger partial charge in [-0.05, 0) is 19.1 Å². The fourth-order valence-electron chi connectivity index (χ4n) is 3.09. The highest BCUT2D eigenvalue weighted by atomic mass is 19.1. The molecule has 160 valence electrons. The standard InChI is InChI=1S/C21H18F2N4O4/c1-5-8-31-14-6-7-18(19(12-14)27(28)29)26(20-9-13(2)24-25(20)3)21-16(22)10-15(30-4)11-17(21)23/h1,6-7,9-12H,8H2,2-4H3. The van der Waals surface area contributed by atoms with Crippen LogP contribution in [0.5, 0.6) is 11.5 Å². The van der Waals surface area contributed by atoms with Gasteiger partial charge in [0.1, 0.15) is 35.3 Å². The summed E-state index contributed by atoms with van der Waals surface area (Å²) in [5, 5.41) is 16.0. The third kappa shape index (κ3) is 4.25. The molecule has 0 aliphatic heterocycles. The number of ether oxygens (including phenoxy) is 2. The van der Waals surface area contributed by atoms with Crippen molar-refractivity contribution in [3.63, 3.8) is 0 Å². The average molecular weight is 428 g/mol. The van der Waals surface area contributed by atoms with E-state index in [2.05, 4.69) is 11.0 Å². The third-order valence-corrected chi connectivity index (χ3v) is 4.36. The maximum atomic E-state index is 15.0. The Labute approximate surface area is 176 Å². The van der Waals surface area contributed by atoms with Gasteiger partial charge in [-0.2, -0.15) is 5.10 Å². The van der Waals surface area contributed by atoms with Gasteiger partial charge in [0.25, 0.3) is 5.69 Å². The molecule has 3 aromatic rings. The molecule has 0 N–H and O–H groups in total. The van der Waals surface area contributed by atoms with Crippen LogP contribution in [0, 0.1) is 41.0 Å². The fourth-order valence-corrected chi connectivity index (χ4v) is 3.09. The fraction of sp³-hybridized carbons (Fsp3) is 0.190. The van der Waals surface area contributed by atoms with Crippen molar-refractivity contribution in [3.8, 4) is 23.8 Å². The van der Waals surface area contributed by atoms with E-state index in [-0.39, 0.29) is 29.6 Å². The van der Waals surface area contributed by atoms with E-state index in [4.69, 9.17) is 15.9 Å². The second-order valence-corrected chi connectivity index (χ2v) is 6.44. The lowest BCUT2D eigenvalue weighted by Gasteiger charge is -2.25. The minimum atomic E-state index is -0.974. The molecule has 0 bridgehead atoms. The molecule has 8 nitrogen and oxygen atoms in total. The number of nitro groups is 1. The third-order valence-electron chi connectivity index (χ3n) is 4.36. The molecule has 3 rings (SSSR count). The highest BCUT2D eigenvalue weighted by molar-refractivity contribution is 5.82. The topological polar surface area (TPSA) is 82.7 Å². The molecule has 0 amide bonds. The molecule has 1 heterocycles. The van der Waals surface area contributed by atoms with Gasteiger partial charge in [0.15, 0.2) is 11.6 Å². The van der Waals surface area contributed by atoms with Crippen LogP contribution in [-0.4, -0.2) is 28.4 Å². The van der Waals surface area contributed by atoms with Gasteiger partial charge in [0.05, 0.1) is 23.8 Å². The number of aromatic nitrogens is 2. The predicted molar refractivity (Wildman–Crippen MR) is 110 cm³/mol. The van der Waals surface area contributed by atoms with Crippen LogP contribution < -0.4 is 14.4 Å². The first-order valence-electron chi connectivity index (χ1n) is 8.95. The number of hydrogen-bond donors (Lipinski definition) is 0. The number of hydrogen-bond acceptors (Lipinski definition) is 6. The van der Waals surface area contributed by atoms with E-state index >= 15 is 8.78 Å². The maximum absolute atomic E-state index is 15.0. The van der Waals surface area contributed by atoms with Crippen molar-refractivity contribution >= 4 is 22.9 Å². The van der Waals surface area contributed by atoms with Crippen molar-refractivity contribution in [2.45, 2.75) is 6.92 Å². The van der Waals surface area contributed by atoms with E-state index in [1.807, 2.05) is 0 Å². The normalized spacial score (nSPS) is 10.5. The molecule has 0 radical (unpaired) electrons. The molecule has 31 heavy (non-hydrogen) atoms. The molecule has 2 aromatic carbocycles. The summed E-state index contributed by atoms with van der Waals surface area (Å²) in [4.78, 5) is 12.2. The number of terminal acetylenes is 1. The predicted octanol–water partition coefficient (Wildman–Crippen LogP) is 4.41. The van der Waals surface area contributed by atoms with Crippen molar-refractivity contribution in [1.29, 1.82) is 0 Å². The smallest absolute Gasteiger partial charge is 0.296 e. The first kappa shape index (κ1) is 21.6. The molecule has 0 saturated carbocycles. The minimum Gasteiger partial charge on any atom is -0.497 e. The SMILES string of the molecule is C#CCOc1ccc(N(c2c(F)cc(OC)cc2F)c2cc(C)nn2C)c([N+](=O)[O-])c1. The van der Waals surface area contributed by atoms with Crippen LogP contribution in [0.2, 0.25) is 0 Å². The summed E-state index contributed by atoms with van der Waals surface area (Å²) in [6.45, 7) is 1.59. The molecule has 0 spiro atoms. The number of anilines is 3. The van der Waals surface area contributed by atoms with Gasteiger partial charge in [-0.15, -0.1) is 6.42 Å². The van der Waals surface area contributed by atoms with E-state index in [1.54, 1.807) is 20.0 Å². The van der Waals surface area contributed by atoms with Crippen LogP contribution in [0.4, 0.5) is 31.7 Å². The number of benzene rings is 2. The summed E-state index contributed by atoms with van der Waals surface area (Å²) in [5.74, 6) is 0.634. The Morgan fingerprint density at radius 2 is 1.90 bits per heavy atom. The van der Waals surface area contributed by atoms with Crippen LogP contribution in [0.1, 0.15) is 5.69 Å². The Morgan fingerprint density at radius 3 is 2.42 bits per heavy atom. The highest BCUT2D eigenvalue weighted by Gasteiger charge is 2.30. The van der Waals surface area contributed by atoms with Crippen LogP contribution in [-0.2, 0) is 7.05 Å². The highest BCUT2D eigenvalue weighted by Crippen LogP contribution is 2.44. The lowest BCUT2D eigenvalue weighted by Crippen LogP contribution is -2.18. The van der Waals surface area contributed by atoms with Crippen LogP contribution in [0.3, 0.4) is 0 Å². The molecule has 0 atom stereocenters. The first-order valence-corrected chi connectivity index (χ1v) is 8.95. The molecule has 10 heteroatoms. The van der Waals surface area contributed by atoms with E-state index in [0.717, 1.165) is 23.1 Å². The number of rotatable bonds is 7. The maximum Gasteiger partial charge on any atom is 0.296 e. The van der Waals surface area contributed by atoms with Gasteiger partial charge >= 0.3 is 0 Å². The molecular weight excluding hydrogens is 410 g/mol. The lowest BCUT2D eigenvalue weighted by atomic mass is 10.1. The summed E-state index contributed by atoms with van der Waals surface area (Å²) < 4.78 is 41.6. The van der Waals surface area contributed by atoms with Crippen molar-refractivity contribution in [2.75, 3.05) is 18.6 Å². The van der Waals surface area contributed by atoms with Crippen molar-refractivity contribution < 1.29 is 23.2 Å². The monoisotopic (exact) mass is 428 g/mol. The van der Waals surface area contributed by atoms with Crippen molar-refractivity contribution in [3.05, 3.63) is 63.8 Å². The first-order chi connectivity index (χ1) is 14.8. The van der Waals surface area contributed by atoms with Gasteiger partial charge in [0, 0.05) is 25.2 Å². The summed E-state index contributed by atoms with van der Waals surface area (Å²) in [7, 11) is 2.83. The van der Waals surface area contributed by atoms with Crippen LogP contribution in [0.15, 0.2) is 36.4 Å². The summed E-state index contributed by atoms with van der Waals surface area (Å²) in [6, 6.07) is 7.43. The zero-order chi connectivity index (χ0) is 22.7.